The van der Waals surface area contributed by atoms with Crippen LogP contribution in [0.25, 0.3) is 0 Å². The number of alkyl carbamates (subject to hydrolysis) is 1. The van der Waals surface area contributed by atoms with Gasteiger partial charge in [-0.25, -0.2) is 9.59 Å². The number of hydrogen-bond donors (Lipinski definition) is 2. The number of nitrogens with zero attached hydrogens (tertiary/aromatic N) is 2. The van der Waals surface area contributed by atoms with Crippen LogP contribution in [-0.4, -0.2) is 92.3 Å². The number of amides is 3. The third-order valence-electron chi connectivity index (χ3n) is 10.3. The number of esters is 1. The molecule has 4 bridgehead atoms. The molecular weight excluding hydrogens is 642 g/mol. The Morgan fingerprint density at radius 2 is 1.92 bits per heavy atom. The number of benzene rings is 1. The third kappa shape index (κ3) is 7.66. The molecule has 12 nitrogen and oxygen atoms in total. The summed E-state index contributed by atoms with van der Waals surface area (Å²) in [6.45, 7) is 8.71. The molecule has 3 amide bonds. The summed E-state index contributed by atoms with van der Waals surface area (Å²) >= 11 is 6.73. The van der Waals surface area contributed by atoms with E-state index in [0.29, 0.717) is 24.3 Å². The molecule has 2 aliphatic heterocycles. The van der Waals surface area contributed by atoms with Crippen molar-refractivity contribution in [1.82, 2.24) is 10.2 Å². The summed E-state index contributed by atoms with van der Waals surface area (Å²) in [5.41, 5.74) is -0.234. The van der Waals surface area contributed by atoms with Gasteiger partial charge in [0.15, 0.2) is 5.72 Å². The lowest BCUT2D eigenvalue weighted by molar-refractivity contribution is -0.162. The fourth-order valence-corrected chi connectivity index (χ4v) is 7.14. The molecule has 4 rings (SSSR count). The van der Waals surface area contributed by atoms with Gasteiger partial charge in [0.05, 0.1) is 19.2 Å². The number of rotatable bonds is 5. The Morgan fingerprint density at radius 3 is 2.54 bits per heavy atom. The third-order valence-corrected chi connectivity index (χ3v) is 10.7. The van der Waals surface area contributed by atoms with Crippen LogP contribution in [0.15, 0.2) is 35.9 Å². The van der Waals surface area contributed by atoms with Gasteiger partial charge in [0, 0.05) is 40.0 Å². The predicted molar refractivity (Wildman–Crippen MR) is 180 cm³/mol. The molecule has 48 heavy (non-hydrogen) atoms. The number of halogens is 1. The fourth-order valence-electron chi connectivity index (χ4n) is 6.83. The van der Waals surface area contributed by atoms with Gasteiger partial charge in [-0.15, -0.1) is 0 Å². The van der Waals surface area contributed by atoms with E-state index in [4.69, 9.17) is 30.5 Å². The quantitative estimate of drug-likeness (QED) is 0.430. The molecule has 8 atom stereocenters. The summed E-state index contributed by atoms with van der Waals surface area (Å²) in [7, 11) is 6.08. The van der Waals surface area contributed by atoms with Gasteiger partial charge in [-0.2, -0.15) is 0 Å². The number of allylic oxidation sites excluding steroid dienone is 3. The summed E-state index contributed by atoms with van der Waals surface area (Å²) in [5, 5.41) is 14.5. The largest absolute Gasteiger partial charge is 0.495 e. The normalized spacial score (nSPS) is 33.2. The van der Waals surface area contributed by atoms with E-state index in [1.54, 1.807) is 32.2 Å². The topological polar surface area (TPSA) is 144 Å². The first-order valence-electron chi connectivity index (χ1n) is 16.1. The van der Waals surface area contributed by atoms with Crippen molar-refractivity contribution in [2.45, 2.75) is 90.4 Å². The van der Waals surface area contributed by atoms with Crippen LogP contribution in [-0.2, 0) is 35.0 Å². The van der Waals surface area contributed by atoms with Crippen LogP contribution in [0.1, 0.15) is 59.4 Å². The molecule has 1 saturated heterocycles. The molecule has 2 heterocycles. The average Bonchev–Trinajstić information content (AvgIpc) is 3.73. The molecule has 2 N–H and O–H groups in total. The van der Waals surface area contributed by atoms with Gasteiger partial charge in [-0.1, -0.05) is 49.2 Å². The first-order valence-corrected chi connectivity index (χ1v) is 16.5. The number of carbonyl (C=O) groups excluding carboxylic acids is 4. The number of hydrogen-bond acceptors (Lipinski definition) is 9. The van der Waals surface area contributed by atoms with E-state index in [0.717, 1.165) is 11.1 Å². The van der Waals surface area contributed by atoms with Crippen molar-refractivity contribution in [3.8, 4) is 5.75 Å². The number of methoxy groups -OCH3 is 2. The van der Waals surface area contributed by atoms with Crippen molar-refractivity contribution in [3.63, 3.8) is 0 Å². The first-order chi connectivity index (χ1) is 22.4. The Hall–Kier alpha value is -3.61. The van der Waals surface area contributed by atoms with Gasteiger partial charge in [-0.3, -0.25) is 14.9 Å². The predicted octanol–water partition coefficient (Wildman–Crippen LogP) is 4.40. The van der Waals surface area contributed by atoms with E-state index in [1.807, 2.05) is 32.9 Å². The molecule has 3 aliphatic rings. The van der Waals surface area contributed by atoms with Crippen LogP contribution in [0.3, 0.4) is 0 Å². The molecule has 264 valence electrons. The van der Waals surface area contributed by atoms with Gasteiger partial charge in [0.2, 0.25) is 11.8 Å². The van der Waals surface area contributed by atoms with Crippen molar-refractivity contribution < 1.29 is 43.2 Å². The summed E-state index contributed by atoms with van der Waals surface area (Å²) in [4.78, 5) is 55.0. The number of anilines is 1. The number of ether oxygens (including phenoxy) is 4. The minimum Gasteiger partial charge on any atom is -0.495 e. The van der Waals surface area contributed by atoms with Crippen LogP contribution in [0.5, 0.6) is 5.75 Å². The van der Waals surface area contributed by atoms with Crippen molar-refractivity contribution in [1.29, 1.82) is 0 Å². The maximum atomic E-state index is 14.0. The van der Waals surface area contributed by atoms with E-state index >= 15 is 0 Å². The fraction of sp³-hybridized carbons (Fsp3) is 0.600. The second kappa shape index (κ2) is 14.5. The Balaban J connectivity index is 1.80. The molecule has 1 aromatic rings. The van der Waals surface area contributed by atoms with E-state index in [1.165, 1.54) is 38.0 Å². The highest BCUT2D eigenvalue weighted by atomic mass is 35.5. The minimum atomic E-state index is -1.76. The molecule has 0 aromatic heterocycles. The molecule has 1 unspecified atom stereocenters. The Bertz CT molecular complexity index is 1500. The zero-order valence-electron chi connectivity index (χ0n) is 29.2. The summed E-state index contributed by atoms with van der Waals surface area (Å²) < 4.78 is 23.0. The molecule has 1 aromatic carbocycles. The second-order valence-corrected chi connectivity index (χ2v) is 14.0. The lowest BCUT2D eigenvalue weighted by Crippen LogP contribution is -2.63. The lowest BCUT2D eigenvalue weighted by atomic mass is 9.83. The molecule has 13 heteroatoms. The smallest absolute Gasteiger partial charge is 0.409 e. The van der Waals surface area contributed by atoms with Crippen molar-refractivity contribution >= 4 is 41.2 Å². The van der Waals surface area contributed by atoms with E-state index in [-0.39, 0.29) is 41.5 Å². The van der Waals surface area contributed by atoms with Crippen molar-refractivity contribution in [3.05, 3.63) is 46.5 Å². The summed E-state index contributed by atoms with van der Waals surface area (Å²) in [6.07, 6.45) is 2.97. The van der Waals surface area contributed by atoms with Gasteiger partial charge in [0.1, 0.15) is 35.1 Å². The maximum absolute atomic E-state index is 14.0. The van der Waals surface area contributed by atoms with Crippen LogP contribution in [0.4, 0.5) is 10.5 Å². The second-order valence-electron chi connectivity index (χ2n) is 13.6. The van der Waals surface area contributed by atoms with Crippen LogP contribution in [0.2, 0.25) is 5.02 Å². The summed E-state index contributed by atoms with van der Waals surface area (Å²) in [5.74, 6) is -1.34. The number of likely N-dealkylation sites (N-methyl/N-ethyl adjacent to an activating group) is 1. The molecular formula is C35H48ClN3O9. The van der Waals surface area contributed by atoms with Crippen LogP contribution >= 0.6 is 11.6 Å². The molecule has 1 aliphatic carbocycles. The molecule has 0 radical (unpaired) electrons. The molecule has 1 saturated carbocycles. The minimum absolute atomic E-state index is 0.0364. The highest BCUT2D eigenvalue weighted by Gasteiger charge is 2.62. The van der Waals surface area contributed by atoms with Gasteiger partial charge < -0.3 is 33.9 Å². The lowest BCUT2D eigenvalue weighted by Gasteiger charge is -2.42. The van der Waals surface area contributed by atoms with E-state index in [2.05, 4.69) is 5.32 Å². The number of nitrogens with one attached hydrogen (secondary N) is 1. The SMILES string of the molecule is COc1cc2cc(c1Cl)N(C)C(=O)C[C@H](OC(=O)[C@H](C)N(C)C(C)=O)[C@@]1(C)CC1[C@H](C)[C@@H]1C[C@@](O)(NC(=O)O1)[C@H](OC)/C=C/C=C(\C)C2. The maximum Gasteiger partial charge on any atom is 0.409 e. The highest BCUT2D eigenvalue weighted by Crippen LogP contribution is 2.61. The monoisotopic (exact) mass is 689 g/mol. The zero-order chi connectivity index (χ0) is 35.7. The number of fused-ring (bicyclic) bond motifs is 5. The average molecular weight is 690 g/mol. The van der Waals surface area contributed by atoms with Gasteiger partial charge in [0.25, 0.3) is 0 Å². The molecule has 0 spiro atoms. The number of aliphatic hydroxyl groups is 1. The Labute approximate surface area is 287 Å². The van der Waals surface area contributed by atoms with Gasteiger partial charge >= 0.3 is 12.1 Å². The van der Waals surface area contributed by atoms with E-state index in [9.17, 15) is 24.3 Å². The standard InChI is InChI=1S/C35H48ClN3O9/c1-19-11-10-12-28(46-9)35(44)18-27(47-33(43)37-35)20(2)24-17-34(24,5)29(48-32(42)21(3)38(6)22(4)40)16-30(41)39(7)25-14-23(13-19)15-26(45-8)31(25)36/h10-12,14-15,20-21,24,27-29,44H,13,16-18H2,1-9H3,(H,37,43)/b12-10+,19-11+/t20-,21-,24?,27-,28+,29-,34-,35-/m0/s1. The first kappa shape index (κ1) is 37.2. The Kier molecular flexibility index (Phi) is 11.2. The van der Waals surface area contributed by atoms with Gasteiger partial charge in [-0.05, 0) is 56.2 Å². The van der Waals surface area contributed by atoms with Crippen molar-refractivity contribution in [2.24, 2.45) is 17.3 Å². The van der Waals surface area contributed by atoms with E-state index < -0.39 is 47.6 Å². The zero-order valence-corrected chi connectivity index (χ0v) is 29.9. The van der Waals surface area contributed by atoms with Crippen molar-refractivity contribution in [2.75, 3.05) is 33.2 Å². The van der Waals surface area contributed by atoms with Crippen LogP contribution in [0, 0.1) is 17.3 Å². The highest BCUT2D eigenvalue weighted by molar-refractivity contribution is 6.35. The van der Waals surface area contributed by atoms with Crippen LogP contribution < -0.4 is 15.0 Å². The Morgan fingerprint density at radius 1 is 1.23 bits per heavy atom. The molecule has 2 fully saturated rings. The summed E-state index contributed by atoms with van der Waals surface area (Å²) in [6, 6.07) is 2.74. The number of carbonyl (C=O) groups is 4.